The predicted molar refractivity (Wildman–Crippen MR) is 111 cm³/mol. The maximum atomic E-state index is 12.2. The van der Waals surface area contributed by atoms with Gasteiger partial charge >= 0.3 is 0 Å². The first-order valence-corrected chi connectivity index (χ1v) is 10.7. The lowest BCUT2D eigenvalue weighted by Crippen LogP contribution is -2.22. The van der Waals surface area contributed by atoms with Gasteiger partial charge in [0, 0.05) is 23.5 Å². The van der Waals surface area contributed by atoms with Crippen molar-refractivity contribution in [3.63, 3.8) is 0 Å². The Morgan fingerprint density at radius 2 is 1.85 bits per heavy atom. The minimum absolute atomic E-state index is 0.0642. The molecular formula is C20H26N2O2S2. The van der Waals surface area contributed by atoms with Crippen LogP contribution in [0.15, 0.2) is 29.6 Å². The van der Waals surface area contributed by atoms with Crippen LogP contribution in [0.4, 0.5) is 10.8 Å². The molecule has 0 N–H and O–H groups in total. The summed E-state index contributed by atoms with van der Waals surface area (Å²) >= 11 is 3.02. The Morgan fingerprint density at radius 1 is 1.19 bits per heavy atom. The van der Waals surface area contributed by atoms with Gasteiger partial charge < -0.3 is 0 Å². The number of aromatic nitrogens is 1. The highest BCUT2D eigenvalue weighted by Crippen LogP contribution is 2.30. The zero-order valence-electron chi connectivity index (χ0n) is 16.0. The van der Waals surface area contributed by atoms with Gasteiger partial charge in [-0.1, -0.05) is 39.8 Å². The number of hydrogen-bond donors (Lipinski definition) is 0. The van der Waals surface area contributed by atoms with Gasteiger partial charge in [-0.3, -0.25) is 14.5 Å². The number of thioether (sulfide) groups is 1. The van der Waals surface area contributed by atoms with Gasteiger partial charge in [0.1, 0.15) is 5.78 Å². The number of anilines is 2. The molecule has 1 heterocycles. The molecule has 0 spiro atoms. The molecule has 0 aliphatic carbocycles. The molecule has 0 aliphatic rings. The van der Waals surface area contributed by atoms with Crippen molar-refractivity contribution in [3.8, 4) is 0 Å². The second kappa shape index (κ2) is 8.82. The van der Waals surface area contributed by atoms with Crippen LogP contribution in [0, 0.1) is 5.41 Å². The molecule has 1 amide bonds. The van der Waals surface area contributed by atoms with Gasteiger partial charge in [0.25, 0.3) is 0 Å². The lowest BCUT2D eigenvalue weighted by molar-refractivity contribution is -0.123. The van der Waals surface area contributed by atoms with E-state index in [9.17, 15) is 9.59 Å². The Morgan fingerprint density at radius 3 is 2.38 bits per heavy atom. The highest BCUT2D eigenvalue weighted by Gasteiger charge is 2.21. The predicted octanol–water partition coefficient (Wildman–Crippen LogP) is 5.24. The molecule has 1 aromatic carbocycles. The number of carbonyl (C=O) groups excluding carboxylic acids is 2. The van der Waals surface area contributed by atoms with Gasteiger partial charge in [0.15, 0.2) is 5.13 Å². The number of rotatable bonds is 7. The summed E-state index contributed by atoms with van der Waals surface area (Å²) in [5.74, 6) is 1.31. The van der Waals surface area contributed by atoms with Gasteiger partial charge in [-0.2, -0.15) is 0 Å². The largest absolute Gasteiger partial charge is 0.298 e. The summed E-state index contributed by atoms with van der Waals surface area (Å²) in [7, 11) is 0. The summed E-state index contributed by atoms with van der Waals surface area (Å²) in [4.78, 5) is 30.4. The molecule has 0 atom stereocenters. The normalized spacial score (nSPS) is 11.4. The first-order valence-electron chi connectivity index (χ1n) is 8.67. The van der Waals surface area contributed by atoms with Crippen molar-refractivity contribution in [1.29, 1.82) is 0 Å². The van der Waals surface area contributed by atoms with Crippen molar-refractivity contribution in [2.75, 3.05) is 10.7 Å². The topological polar surface area (TPSA) is 50.3 Å². The van der Waals surface area contributed by atoms with Gasteiger partial charge in [-0.05, 0) is 24.1 Å². The highest BCUT2D eigenvalue weighted by atomic mass is 32.2. The molecule has 0 aliphatic heterocycles. The number of benzene rings is 1. The van der Waals surface area contributed by atoms with Gasteiger partial charge in [-0.25, -0.2) is 4.98 Å². The second-order valence-electron chi connectivity index (χ2n) is 7.16. The van der Waals surface area contributed by atoms with E-state index in [2.05, 4.69) is 11.9 Å². The number of carbonyl (C=O) groups is 2. The average Bonchev–Trinajstić information content (AvgIpc) is 3.02. The van der Waals surface area contributed by atoms with Crippen LogP contribution in [0.5, 0.6) is 0 Å². The molecule has 2 aromatic rings. The third-order valence-electron chi connectivity index (χ3n) is 3.97. The van der Waals surface area contributed by atoms with E-state index in [-0.39, 0.29) is 17.1 Å². The molecule has 26 heavy (non-hydrogen) atoms. The Bertz CT molecular complexity index is 761. The van der Waals surface area contributed by atoms with E-state index < -0.39 is 0 Å². The van der Waals surface area contributed by atoms with E-state index in [1.54, 1.807) is 23.6 Å². The third kappa shape index (κ3) is 5.42. The molecular weight excluding hydrogens is 364 g/mol. The molecule has 0 radical (unpaired) electrons. The Hall–Kier alpha value is -1.66. The first kappa shape index (κ1) is 20.6. The van der Waals surface area contributed by atoms with Gasteiger partial charge in [0.05, 0.1) is 17.1 Å². The highest BCUT2D eigenvalue weighted by molar-refractivity contribution is 7.99. The van der Waals surface area contributed by atoms with Crippen LogP contribution in [-0.2, 0) is 21.8 Å². The Kier molecular flexibility index (Phi) is 7.01. The fourth-order valence-electron chi connectivity index (χ4n) is 2.24. The lowest BCUT2D eigenvalue weighted by Gasteiger charge is -2.18. The Balaban J connectivity index is 2.07. The van der Waals surface area contributed by atoms with Gasteiger partial charge in [-0.15, -0.1) is 23.1 Å². The maximum absolute atomic E-state index is 12.2. The number of aryl methyl sites for hydroxylation is 1. The van der Waals surface area contributed by atoms with Crippen molar-refractivity contribution < 1.29 is 9.59 Å². The van der Waals surface area contributed by atoms with Crippen LogP contribution >= 0.6 is 23.1 Å². The van der Waals surface area contributed by atoms with Crippen molar-refractivity contribution in [1.82, 2.24) is 4.98 Å². The van der Waals surface area contributed by atoms with Crippen LogP contribution in [-0.4, -0.2) is 22.4 Å². The fraction of sp³-hybridized carbons (Fsp3) is 0.450. The molecule has 4 nitrogen and oxygen atoms in total. The summed E-state index contributed by atoms with van der Waals surface area (Å²) in [6.45, 7) is 9.46. The van der Waals surface area contributed by atoms with E-state index in [0.29, 0.717) is 16.6 Å². The van der Waals surface area contributed by atoms with Crippen LogP contribution in [0.1, 0.15) is 45.9 Å². The summed E-state index contributed by atoms with van der Waals surface area (Å²) in [6.07, 6.45) is 0.965. The monoisotopic (exact) mass is 390 g/mol. The van der Waals surface area contributed by atoms with Crippen molar-refractivity contribution in [3.05, 3.63) is 40.9 Å². The quantitative estimate of drug-likeness (QED) is 0.649. The standard InChI is InChI=1S/C20H26N2O2S2/c1-6-15-7-9-17(10-8-15)22(14(2)23)19-21-16(12-26-19)11-25-13-18(24)20(3,4)5/h7-10,12H,6,11,13H2,1-5H3. The molecule has 2 rings (SSSR count). The van der Waals surface area contributed by atoms with E-state index in [4.69, 9.17) is 0 Å². The maximum Gasteiger partial charge on any atom is 0.230 e. The molecule has 0 fully saturated rings. The van der Waals surface area contributed by atoms with E-state index in [1.165, 1.54) is 16.9 Å². The second-order valence-corrected chi connectivity index (χ2v) is 8.98. The zero-order valence-corrected chi connectivity index (χ0v) is 17.7. The number of Topliss-reactive ketones (excluding diaryl/α,β-unsaturated/α-hetero) is 1. The fourth-order valence-corrected chi connectivity index (χ4v) is 4.31. The minimum atomic E-state index is -0.309. The molecule has 0 unspecified atom stereocenters. The van der Waals surface area contributed by atoms with Crippen molar-refractivity contribution >= 4 is 45.6 Å². The van der Waals surface area contributed by atoms with E-state index >= 15 is 0 Å². The van der Waals surface area contributed by atoms with Crippen LogP contribution in [0.3, 0.4) is 0 Å². The number of ketones is 1. The molecule has 140 valence electrons. The number of thiazole rings is 1. The SMILES string of the molecule is CCc1ccc(N(C(C)=O)c2nc(CSCC(=O)C(C)(C)C)cs2)cc1. The summed E-state index contributed by atoms with van der Waals surface area (Å²) in [6, 6.07) is 7.98. The number of nitrogens with zero attached hydrogens (tertiary/aromatic N) is 2. The smallest absolute Gasteiger partial charge is 0.230 e. The molecule has 0 bridgehead atoms. The molecule has 1 aromatic heterocycles. The van der Waals surface area contributed by atoms with Gasteiger partial charge in [0.2, 0.25) is 5.91 Å². The zero-order chi connectivity index (χ0) is 19.3. The first-order chi connectivity index (χ1) is 12.2. The molecule has 6 heteroatoms. The lowest BCUT2D eigenvalue weighted by atomic mass is 9.92. The summed E-state index contributed by atoms with van der Waals surface area (Å²) in [5, 5.41) is 2.62. The van der Waals surface area contributed by atoms with E-state index in [0.717, 1.165) is 17.8 Å². The minimum Gasteiger partial charge on any atom is -0.298 e. The molecule has 0 saturated carbocycles. The summed E-state index contributed by atoms with van der Waals surface area (Å²) in [5.41, 5.74) is 2.65. The Labute approximate surface area is 164 Å². The molecule has 0 saturated heterocycles. The number of hydrogen-bond acceptors (Lipinski definition) is 5. The average molecular weight is 391 g/mol. The van der Waals surface area contributed by atoms with E-state index in [1.807, 2.05) is 50.4 Å². The van der Waals surface area contributed by atoms with Crippen molar-refractivity contribution in [2.24, 2.45) is 5.41 Å². The summed E-state index contributed by atoms with van der Waals surface area (Å²) < 4.78 is 0. The van der Waals surface area contributed by atoms with Crippen LogP contribution < -0.4 is 4.90 Å². The number of amides is 1. The third-order valence-corrected chi connectivity index (χ3v) is 5.81. The van der Waals surface area contributed by atoms with Crippen LogP contribution in [0.2, 0.25) is 0 Å². The van der Waals surface area contributed by atoms with Crippen LogP contribution in [0.25, 0.3) is 0 Å². The van der Waals surface area contributed by atoms with Crippen molar-refractivity contribution in [2.45, 2.75) is 46.8 Å².